The molecule has 1 aliphatic heterocycles. The number of hydrogen-bond acceptors (Lipinski definition) is 5. The van der Waals surface area contributed by atoms with E-state index in [1.165, 1.54) is 24.8 Å². The molecule has 0 aliphatic carbocycles. The first kappa shape index (κ1) is 14.2. The number of rotatable bonds is 5. The van der Waals surface area contributed by atoms with Crippen LogP contribution in [0.4, 0.5) is 11.5 Å². The molecule has 1 fully saturated rings. The monoisotopic (exact) mass is 278 g/mol. The van der Waals surface area contributed by atoms with Crippen LogP contribution in [0, 0.1) is 10.1 Å². The Hall–Kier alpha value is -2.18. The highest BCUT2D eigenvalue weighted by Crippen LogP contribution is 2.14. The lowest BCUT2D eigenvalue weighted by molar-refractivity contribution is -0.384. The zero-order valence-corrected chi connectivity index (χ0v) is 11.2. The van der Waals surface area contributed by atoms with Crippen molar-refractivity contribution in [3.63, 3.8) is 0 Å². The number of aromatic nitrogens is 1. The number of nitrogens with zero attached hydrogens (tertiary/aromatic N) is 3. The molecule has 108 valence electrons. The van der Waals surface area contributed by atoms with Crippen molar-refractivity contribution in [3.05, 3.63) is 28.4 Å². The van der Waals surface area contributed by atoms with Gasteiger partial charge in [0.25, 0.3) is 5.69 Å². The second-order valence-electron chi connectivity index (χ2n) is 4.77. The molecule has 0 unspecified atom stereocenters. The number of anilines is 1. The number of carbonyl (C=O) groups excluding carboxylic acids is 1. The summed E-state index contributed by atoms with van der Waals surface area (Å²) in [5.41, 5.74) is -0.00939. The van der Waals surface area contributed by atoms with Crippen LogP contribution in [-0.4, -0.2) is 40.3 Å². The minimum Gasteiger partial charge on any atom is -0.369 e. The number of hydrogen-bond donors (Lipinski definition) is 1. The first-order valence-electron chi connectivity index (χ1n) is 6.79. The first-order valence-corrected chi connectivity index (χ1v) is 6.79. The molecule has 0 bridgehead atoms. The van der Waals surface area contributed by atoms with Crippen LogP contribution in [0.25, 0.3) is 0 Å². The molecule has 0 spiro atoms. The van der Waals surface area contributed by atoms with Crippen molar-refractivity contribution in [2.24, 2.45) is 0 Å². The van der Waals surface area contributed by atoms with Gasteiger partial charge in [-0.25, -0.2) is 4.98 Å². The van der Waals surface area contributed by atoms with Crippen molar-refractivity contribution in [2.45, 2.75) is 25.7 Å². The van der Waals surface area contributed by atoms with E-state index in [1.807, 2.05) is 4.90 Å². The summed E-state index contributed by atoms with van der Waals surface area (Å²) in [6.07, 6.45) is 5.11. The summed E-state index contributed by atoms with van der Waals surface area (Å²) in [5, 5.41) is 13.6. The lowest BCUT2D eigenvalue weighted by Crippen LogP contribution is -2.36. The number of piperidine rings is 1. The molecule has 20 heavy (non-hydrogen) atoms. The van der Waals surface area contributed by atoms with E-state index in [2.05, 4.69) is 10.3 Å². The maximum atomic E-state index is 11.9. The first-order chi connectivity index (χ1) is 9.66. The summed E-state index contributed by atoms with van der Waals surface area (Å²) in [6.45, 7) is 2.12. The van der Waals surface area contributed by atoms with Crippen molar-refractivity contribution < 1.29 is 9.72 Å². The van der Waals surface area contributed by atoms with Crippen LogP contribution in [0.5, 0.6) is 0 Å². The smallest absolute Gasteiger partial charge is 0.274 e. The molecule has 1 aromatic heterocycles. The summed E-state index contributed by atoms with van der Waals surface area (Å²) in [6, 6.07) is 2.70. The molecule has 2 rings (SSSR count). The van der Waals surface area contributed by atoms with Crippen LogP contribution in [-0.2, 0) is 4.79 Å². The average Bonchev–Trinajstić information content (AvgIpc) is 2.48. The zero-order valence-electron chi connectivity index (χ0n) is 11.2. The van der Waals surface area contributed by atoms with Crippen molar-refractivity contribution in [1.29, 1.82) is 0 Å². The Morgan fingerprint density at radius 1 is 1.40 bits per heavy atom. The normalized spacial score (nSPS) is 14.9. The largest absolute Gasteiger partial charge is 0.369 e. The number of nitro groups is 1. The number of carbonyl (C=O) groups is 1. The number of likely N-dealkylation sites (tertiary alicyclic amines) is 1. The molecule has 0 radical (unpaired) electrons. The molecule has 2 heterocycles. The van der Waals surface area contributed by atoms with Gasteiger partial charge in [-0.2, -0.15) is 0 Å². The lowest BCUT2D eigenvalue weighted by atomic mass is 10.1. The fourth-order valence-corrected chi connectivity index (χ4v) is 2.23. The summed E-state index contributed by atoms with van der Waals surface area (Å²) >= 11 is 0. The molecule has 0 atom stereocenters. The maximum absolute atomic E-state index is 11.9. The molecule has 7 nitrogen and oxygen atoms in total. The Balaban J connectivity index is 1.79. The highest BCUT2D eigenvalue weighted by molar-refractivity contribution is 5.76. The summed E-state index contributed by atoms with van der Waals surface area (Å²) < 4.78 is 0. The Labute approximate surface area is 117 Å². The third kappa shape index (κ3) is 3.91. The quantitative estimate of drug-likeness (QED) is 0.655. The minimum atomic E-state index is -0.467. The van der Waals surface area contributed by atoms with Crippen LogP contribution in [0.1, 0.15) is 25.7 Å². The van der Waals surface area contributed by atoms with Crippen molar-refractivity contribution in [1.82, 2.24) is 9.88 Å². The van der Waals surface area contributed by atoms with E-state index >= 15 is 0 Å². The molecule has 1 saturated heterocycles. The van der Waals surface area contributed by atoms with E-state index in [9.17, 15) is 14.9 Å². The average molecular weight is 278 g/mol. The highest BCUT2D eigenvalue weighted by Gasteiger charge is 2.15. The molecule has 7 heteroatoms. The Morgan fingerprint density at radius 3 is 2.85 bits per heavy atom. The summed E-state index contributed by atoms with van der Waals surface area (Å²) in [7, 11) is 0. The van der Waals surface area contributed by atoms with E-state index in [1.54, 1.807) is 0 Å². The lowest BCUT2D eigenvalue weighted by Gasteiger charge is -2.26. The van der Waals surface area contributed by atoms with Gasteiger partial charge in [0.15, 0.2) is 0 Å². The number of pyridine rings is 1. The van der Waals surface area contributed by atoms with Crippen molar-refractivity contribution in [2.75, 3.05) is 25.0 Å². The molecule has 1 N–H and O–H groups in total. The Morgan fingerprint density at radius 2 is 2.15 bits per heavy atom. The second kappa shape index (κ2) is 6.83. The second-order valence-corrected chi connectivity index (χ2v) is 4.77. The van der Waals surface area contributed by atoms with Gasteiger partial charge in [-0.05, 0) is 19.3 Å². The predicted octanol–water partition coefficient (Wildman–Crippen LogP) is 1.80. The molecule has 0 saturated carbocycles. The molecule has 1 aliphatic rings. The molecule has 1 aromatic rings. The topological polar surface area (TPSA) is 88.4 Å². The van der Waals surface area contributed by atoms with E-state index in [-0.39, 0.29) is 11.6 Å². The fourth-order valence-electron chi connectivity index (χ4n) is 2.23. The van der Waals surface area contributed by atoms with E-state index in [0.29, 0.717) is 18.8 Å². The maximum Gasteiger partial charge on any atom is 0.274 e. The van der Waals surface area contributed by atoms with E-state index in [0.717, 1.165) is 25.9 Å². The van der Waals surface area contributed by atoms with Crippen LogP contribution >= 0.6 is 0 Å². The summed E-state index contributed by atoms with van der Waals surface area (Å²) in [5.74, 6) is 0.549. The van der Waals surface area contributed by atoms with Gasteiger partial charge in [0, 0.05) is 38.3 Å². The number of amides is 1. The van der Waals surface area contributed by atoms with Gasteiger partial charge in [0.1, 0.15) is 5.82 Å². The number of nitrogens with one attached hydrogen (secondary N) is 1. The zero-order chi connectivity index (χ0) is 14.4. The van der Waals surface area contributed by atoms with Crippen molar-refractivity contribution >= 4 is 17.4 Å². The minimum absolute atomic E-state index is 0.00939. The molecular formula is C13H18N4O3. The van der Waals surface area contributed by atoms with Gasteiger partial charge in [0.05, 0.1) is 11.0 Å². The van der Waals surface area contributed by atoms with Crippen LogP contribution < -0.4 is 5.32 Å². The van der Waals surface area contributed by atoms with Gasteiger partial charge >= 0.3 is 0 Å². The van der Waals surface area contributed by atoms with Gasteiger partial charge in [-0.3, -0.25) is 14.9 Å². The third-order valence-electron chi connectivity index (χ3n) is 3.31. The molecule has 0 aromatic carbocycles. The molecule has 1 amide bonds. The molecular weight excluding hydrogens is 260 g/mol. The van der Waals surface area contributed by atoms with Gasteiger partial charge in [0.2, 0.25) is 5.91 Å². The SMILES string of the molecule is O=C(CCNc1cc([N+](=O)[O-])ccn1)N1CCCCC1. The van der Waals surface area contributed by atoms with Crippen LogP contribution in [0.2, 0.25) is 0 Å². The van der Waals surface area contributed by atoms with Crippen molar-refractivity contribution in [3.8, 4) is 0 Å². The van der Waals surface area contributed by atoms with Crippen LogP contribution in [0.3, 0.4) is 0 Å². The summed E-state index contributed by atoms with van der Waals surface area (Å²) in [4.78, 5) is 28.0. The van der Waals surface area contributed by atoms with E-state index in [4.69, 9.17) is 0 Å². The predicted molar refractivity (Wildman–Crippen MR) is 74.4 cm³/mol. The Kier molecular flexibility index (Phi) is 4.86. The van der Waals surface area contributed by atoms with Crippen LogP contribution in [0.15, 0.2) is 18.3 Å². The highest BCUT2D eigenvalue weighted by atomic mass is 16.6. The van der Waals surface area contributed by atoms with E-state index < -0.39 is 4.92 Å². The third-order valence-corrected chi connectivity index (χ3v) is 3.31. The van der Waals surface area contributed by atoms with Gasteiger partial charge in [-0.15, -0.1) is 0 Å². The standard InChI is InChI=1S/C13H18N4O3/c18-13(16-8-2-1-3-9-16)5-7-15-12-10-11(17(19)20)4-6-14-12/h4,6,10H,1-3,5,7-9H2,(H,14,15). The Bertz CT molecular complexity index is 486. The fraction of sp³-hybridized carbons (Fsp3) is 0.538. The van der Waals surface area contributed by atoms with Gasteiger partial charge < -0.3 is 10.2 Å². The van der Waals surface area contributed by atoms with Gasteiger partial charge in [-0.1, -0.05) is 0 Å².